The highest BCUT2D eigenvalue weighted by Gasteiger charge is 2.33. The van der Waals surface area contributed by atoms with E-state index in [4.69, 9.17) is 24.4 Å². The summed E-state index contributed by atoms with van der Waals surface area (Å²) in [7, 11) is 0. The van der Waals surface area contributed by atoms with E-state index in [-0.39, 0.29) is 36.9 Å². The van der Waals surface area contributed by atoms with Gasteiger partial charge in [-0.25, -0.2) is 14.4 Å². The van der Waals surface area contributed by atoms with Gasteiger partial charge in [0.05, 0.1) is 5.92 Å². The lowest BCUT2D eigenvalue weighted by Gasteiger charge is -2.24. The second kappa shape index (κ2) is 16.9. The molecule has 250 valence electrons. The maximum absolute atomic E-state index is 11.6. The zero-order valence-electron chi connectivity index (χ0n) is 27.5. The molecule has 0 aliphatic carbocycles. The van der Waals surface area contributed by atoms with E-state index < -0.39 is 29.2 Å². The highest BCUT2D eigenvalue weighted by Crippen LogP contribution is 2.22. The van der Waals surface area contributed by atoms with Gasteiger partial charge < -0.3 is 39.1 Å². The number of carbonyl (C=O) groups excluding carboxylic acids is 3. The Morgan fingerprint density at radius 3 is 1.28 bits per heavy atom. The first kappa shape index (κ1) is 39.0. The summed E-state index contributed by atoms with van der Waals surface area (Å²) < 4.78 is 16.8. The van der Waals surface area contributed by atoms with Gasteiger partial charge in [-0.15, -0.1) is 0 Å². The number of aliphatic hydroxyl groups is 1. The highest BCUT2D eigenvalue weighted by molar-refractivity contribution is 14.1. The number of hydrogen-bond donors (Lipinski definition) is 2. The Labute approximate surface area is 270 Å². The number of halogens is 1. The summed E-state index contributed by atoms with van der Waals surface area (Å²) in [5.74, 6) is -0.413. The highest BCUT2D eigenvalue weighted by atomic mass is 127. The van der Waals surface area contributed by atoms with Crippen molar-refractivity contribution in [1.82, 2.24) is 14.7 Å². The van der Waals surface area contributed by atoms with Crippen molar-refractivity contribution in [3.05, 3.63) is 0 Å². The standard InChI is InChI=1S/C10H18INO2.C10H17NO4.C10H19NO3/c1-10(2,3)14-9(13)12-5-4-8(6-11)7-12;1-10(2,3)15-9(14)11-5-4-7(6-11)8(12)13;1-10(2,3)14-9(13)11-5-4-8(6-11)7-12/h8H,4-7H2,1-3H3;7H,4-6H2,1-3H3,(H,12,13);8,12H,4-7H2,1-3H3/t8-;7-;8-/m011/s1. The number of rotatable bonds is 3. The van der Waals surface area contributed by atoms with Crippen LogP contribution < -0.4 is 0 Å². The van der Waals surface area contributed by atoms with Gasteiger partial charge in [0.1, 0.15) is 16.8 Å². The van der Waals surface area contributed by atoms with Crippen LogP contribution in [0.2, 0.25) is 0 Å². The number of ether oxygens (including phenoxy) is 3. The number of carboxylic acid groups (broad SMARTS) is 1. The molecule has 3 atom stereocenters. The minimum absolute atomic E-state index is 0.152. The van der Waals surface area contributed by atoms with E-state index in [0.29, 0.717) is 32.0 Å². The molecule has 0 aromatic heterocycles. The fraction of sp³-hybridized carbons (Fsp3) is 0.867. The van der Waals surface area contributed by atoms with Gasteiger partial charge in [-0.2, -0.15) is 0 Å². The van der Waals surface area contributed by atoms with Crippen molar-refractivity contribution in [1.29, 1.82) is 0 Å². The van der Waals surface area contributed by atoms with E-state index in [1.165, 1.54) is 4.90 Å². The monoisotopic (exact) mass is 727 g/mol. The lowest BCUT2D eigenvalue weighted by Crippen LogP contribution is -2.35. The van der Waals surface area contributed by atoms with Crippen LogP contribution in [-0.4, -0.2) is 116 Å². The normalized spacial score (nSPS) is 22.2. The number of carboxylic acids is 1. The van der Waals surface area contributed by atoms with Crippen LogP contribution >= 0.6 is 22.6 Å². The molecule has 0 aromatic rings. The van der Waals surface area contributed by atoms with E-state index >= 15 is 0 Å². The molecule has 3 heterocycles. The zero-order chi connectivity index (χ0) is 33.2. The summed E-state index contributed by atoms with van der Waals surface area (Å²) in [5, 5.41) is 17.7. The van der Waals surface area contributed by atoms with E-state index in [1.54, 1.807) is 25.7 Å². The number of hydrogen-bond acceptors (Lipinski definition) is 8. The third-order valence-corrected chi connectivity index (χ3v) is 7.79. The van der Waals surface area contributed by atoms with Gasteiger partial charge in [0.25, 0.3) is 0 Å². The van der Waals surface area contributed by atoms with Crippen LogP contribution in [0.3, 0.4) is 0 Å². The maximum Gasteiger partial charge on any atom is 0.410 e. The topological polar surface area (TPSA) is 146 Å². The Bertz CT molecular complexity index is 881. The van der Waals surface area contributed by atoms with Crippen LogP contribution in [-0.2, 0) is 19.0 Å². The van der Waals surface area contributed by atoms with E-state index in [9.17, 15) is 19.2 Å². The van der Waals surface area contributed by atoms with Crippen molar-refractivity contribution >= 4 is 46.8 Å². The molecule has 2 N–H and O–H groups in total. The largest absolute Gasteiger partial charge is 0.481 e. The molecule has 0 aromatic carbocycles. The Morgan fingerprint density at radius 1 is 0.651 bits per heavy atom. The third kappa shape index (κ3) is 16.0. The second-order valence-electron chi connectivity index (χ2n) is 14.2. The number of amides is 3. The average molecular weight is 728 g/mol. The third-order valence-electron chi connectivity index (χ3n) is 6.54. The molecule has 3 aliphatic rings. The molecule has 3 aliphatic heterocycles. The van der Waals surface area contributed by atoms with Crippen LogP contribution in [0.5, 0.6) is 0 Å². The van der Waals surface area contributed by atoms with Crippen molar-refractivity contribution in [3.63, 3.8) is 0 Å². The molecular weight excluding hydrogens is 673 g/mol. The van der Waals surface area contributed by atoms with Crippen LogP contribution in [0.4, 0.5) is 14.4 Å². The lowest BCUT2D eigenvalue weighted by atomic mass is 10.1. The average Bonchev–Trinajstić information content (AvgIpc) is 3.62. The summed E-state index contributed by atoms with van der Waals surface area (Å²) >= 11 is 2.37. The summed E-state index contributed by atoms with van der Waals surface area (Å²) in [6.45, 7) is 20.5. The predicted octanol–water partition coefficient (Wildman–Crippen LogP) is 5.24. The molecule has 3 rings (SSSR count). The van der Waals surface area contributed by atoms with Crippen molar-refractivity contribution in [2.45, 2.75) is 98.4 Å². The Kier molecular flexibility index (Phi) is 15.3. The molecule has 13 heteroatoms. The number of aliphatic carboxylic acids is 1. The molecule has 3 fully saturated rings. The molecule has 3 amide bonds. The number of likely N-dealkylation sites (tertiary alicyclic amines) is 3. The fourth-order valence-corrected chi connectivity index (χ4v) is 5.10. The number of alkyl halides is 1. The van der Waals surface area contributed by atoms with Gasteiger partial charge in [-0.05, 0) is 87.5 Å². The summed E-state index contributed by atoms with van der Waals surface area (Å²) in [6, 6.07) is 0. The van der Waals surface area contributed by atoms with Gasteiger partial charge in [0, 0.05) is 56.2 Å². The zero-order valence-corrected chi connectivity index (χ0v) is 29.6. The quantitative estimate of drug-likeness (QED) is 0.227. The summed E-state index contributed by atoms with van der Waals surface area (Å²) in [6.07, 6.45) is 1.64. The van der Waals surface area contributed by atoms with E-state index in [0.717, 1.165) is 30.4 Å². The number of nitrogens with zero attached hydrogens (tertiary/aromatic N) is 3. The van der Waals surface area contributed by atoms with Crippen LogP contribution in [0.25, 0.3) is 0 Å². The van der Waals surface area contributed by atoms with Gasteiger partial charge >= 0.3 is 24.2 Å². The SMILES string of the molecule is CC(C)(C)OC(=O)N1CC[C@@H](C(=O)O)C1.CC(C)(C)OC(=O)N1CC[C@@H](CI)C1.CC(C)(C)OC(=O)N1CC[C@@H](CO)C1. The van der Waals surface area contributed by atoms with Gasteiger partial charge in [0.2, 0.25) is 0 Å². The Balaban J connectivity index is 0.000000323. The van der Waals surface area contributed by atoms with Crippen LogP contribution in [0.1, 0.15) is 81.6 Å². The molecule has 43 heavy (non-hydrogen) atoms. The summed E-state index contributed by atoms with van der Waals surface area (Å²) in [5.41, 5.74) is -1.34. The number of carbonyl (C=O) groups is 4. The van der Waals surface area contributed by atoms with Crippen LogP contribution in [0, 0.1) is 17.8 Å². The molecule has 0 saturated carbocycles. The molecule has 12 nitrogen and oxygen atoms in total. The van der Waals surface area contributed by atoms with Gasteiger partial charge in [0.15, 0.2) is 0 Å². The molecule has 0 radical (unpaired) electrons. The molecule has 3 saturated heterocycles. The van der Waals surface area contributed by atoms with Crippen molar-refractivity contribution in [2.24, 2.45) is 17.8 Å². The van der Waals surface area contributed by atoms with Crippen LogP contribution in [0.15, 0.2) is 0 Å². The summed E-state index contributed by atoms with van der Waals surface area (Å²) in [4.78, 5) is 50.3. The van der Waals surface area contributed by atoms with Gasteiger partial charge in [-0.1, -0.05) is 22.6 Å². The maximum atomic E-state index is 11.6. The minimum atomic E-state index is -0.846. The van der Waals surface area contributed by atoms with E-state index in [2.05, 4.69) is 22.6 Å². The second-order valence-corrected chi connectivity index (χ2v) is 15.1. The first-order valence-corrected chi connectivity index (χ1v) is 16.5. The van der Waals surface area contributed by atoms with Crippen molar-refractivity contribution in [3.8, 4) is 0 Å². The Hall–Kier alpha value is -2.03. The molecule has 0 unspecified atom stereocenters. The first-order chi connectivity index (χ1) is 19.6. The molecular formula is C30H54IN3O9. The first-order valence-electron chi connectivity index (χ1n) is 15.0. The molecule has 0 spiro atoms. The number of aliphatic hydroxyl groups excluding tert-OH is 1. The predicted molar refractivity (Wildman–Crippen MR) is 171 cm³/mol. The van der Waals surface area contributed by atoms with Gasteiger partial charge in [-0.3, -0.25) is 4.79 Å². The minimum Gasteiger partial charge on any atom is -0.481 e. The fourth-order valence-electron chi connectivity index (χ4n) is 4.38. The van der Waals surface area contributed by atoms with Crippen molar-refractivity contribution in [2.75, 3.05) is 50.3 Å². The van der Waals surface area contributed by atoms with Crippen molar-refractivity contribution < 1.29 is 43.6 Å². The molecule has 0 bridgehead atoms. The van der Waals surface area contributed by atoms with E-state index in [1.807, 2.05) is 46.4 Å². The lowest BCUT2D eigenvalue weighted by molar-refractivity contribution is -0.141. The smallest absolute Gasteiger partial charge is 0.410 e. The Morgan fingerprint density at radius 2 is 1.00 bits per heavy atom.